The Labute approximate surface area is 160 Å². The van der Waals surface area contributed by atoms with Crippen LogP contribution in [-0.2, 0) is 6.42 Å². The largest absolute Gasteiger partial charge is 0.497 e. The lowest BCUT2D eigenvalue weighted by Gasteiger charge is -2.24. The van der Waals surface area contributed by atoms with Crippen molar-refractivity contribution in [2.75, 3.05) is 13.7 Å². The number of methoxy groups -OCH3 is 1. The number of rotatable bonds is 3. The molecule has 4 aromatic rings. The molecule has 3 aromatic heterocycles. The van der Waals surface area contributed by atoms with Crippen molar-refractivity contribution in [3.63, 3.8) is 0 Å². The zero-order valence-corrected chi connectivity index (χ0v) is 15.6. The fourth-order valence-corrected chi connectivity index (χ4v) is 4.35. The molecule has 0 radical (unpaired) electrons. The van der Waals surface area contributed by atoms with E-state index < -0.39 is 0 Å². The van der Waals surface area contributed by atoms with Crippen molar-refractivity contribution < 1.29 is 9.47 Å². The number of pyridine rings is 2. The summed E-state index contributed by atoms with van der Waals surface area (Å²) in [4.78, 5) is 14.5. The van der Waals surface area contributed by atoms with E-state index in [0.717, 1.165) is 50.0 Å². The molecule has 5 rings (SSSR count). The molecule has 4 heterocycles. The molecule has 1 atom stereocenters. The van der Waals surface area contributed by atoms with Gasteiger partial charge in [-0.2, -0.15) is 0 Å². The van der Waals surface area contributed by atoms with Crippen molar-refractivity contribution in [1.82, 2.24) is 15.0 Å². The van der Waals surface area contributed by atoms with Crippen molar-refractivity contribution in [2.24, 2.45) is 0 Å². The van der Waals surface area contributed by atoms with Gasteiger partial charge in [0.05, 0.1) is 13.7 Å². The molecule has 1 aliphatic rings. The molecule has 0 saturated carbocycles. The van der Waals surface area contributed by atoms with Crippen LogP contribution in [0.4, 0.5) is 0 Å². The number of hydrogen-bond acceptors (Lipinski definition) is 6. The molecule has 0 aliphatic carbocycles. The normalized spacial score (nSPS) is 16.0. The number of benzene rings is 1. The van der Waals surface area contributed by atoms with E-state index in [4.69, 9.17) is 14.5 Å². The van der Waals surface area contributed by atoms with Gasteiger partial charge in [0.25, 0.3) is 0 Å². The lowest BCUT2D eigenvalue weighted by molar-refractivity contribution is 0.261. The maximum Gasteiger partial charge on any atom is 0.143 e. The summed E-state index contributed by atoms with van der Waals surface area (Å²) in [5.74, 6) is 2.02. The minimum atomic E-state index is 0.230. The van der Waals surface area contributed by atoms with Gasteiger partial charge in [0.15, 0.2) is 0 Å². The van der Waals surface area contributed by atoms with Crippen LogP contribution in [0.3, 0.4) is 0 Å². The average molecular weight is 375 g/mol. The Balaban J connectivity index is 1.47. The highest BCUT2D eigenvalue weighted by Crippen LogP contribution is 2.37. The molecule has 27 heavy (non-hydrogen) atoms. The molecule has 134 valence electrons. The van der Waals surface area contributed by atoms with E-state index in [0.29, 0.717) is 6.61 Å². The Morgan fingerprint density at radius 2 is 2.00 bits per heavy atom. The summed E-state index contributed by atoms with van der Waals surface area (Å²) >= 11 is 1.65. The van der Waals surface area contributed by atoms with E-state index in [1.807, 2.05) is 30.5 Å². The van der Waals surface area contributed by atoms with Crippen LogP contribution in [0.2, 0.25) is 0 Å². The molecular formula is C21H17N3O2S. The Kier molecular flexibility index (Phi) is 3.98. The van der Waals surface area contributed by atoms with Gasteiger partial charge in [0.2, 0.25) is 0 Å². The van der Waals surface area contributed by atoms with Crippen LogP contribution in [0.15, 0.2) is 55.0 Å². The monoisotopic (exact) mass is 375 g/mol. The second-order valence-electron chi connectivity index (χ2n) is 6.52. The first-order valence-corrected chi connectivity index (χ1v) is 9.58. The van der Waals surface area contributed by atoms with E-state index in [-0.39, 0.29) is 5.92 Å². The Morgan fingerprint density at radius 3 is 2.85 bits per heavy atom. The van der Waals surface area contributed by atoms with Gasteiger partial charge in [-0.3, -0.25) is 4.98 Å². The molecule has 1 aliphatic heterocycles. The fraction of sp³-hybridized carbons (Fsp3) is 0.190. The molecule has 0 spiro atoms. The van der Waals surface area contributed by atoms with Crippen LogP contribution >= 0.6 is 11.3 Å². The van der Waals surface area contributed by atoms with Crippen LogP contribution in [0.25, 0.3) is 21.5 Å². The Hall–Kier alpha value is -2.99. The highest BCUT2D eigenvalue weighted by Gasteiger charge is 2.25. The Morgan fingerprint density at radius 1 is 1.11 bits per heavy atom. The number of aromatic nitrogens is 3. The molecule has 0 bridgehead atoms. The second kappa shape index (κ2) is 6.63. The van der Waals surface area contributed by atoms with Gasteiger partial charge < -0.3 is 9.47 Å². The summed E-state index contributed by atoms with van der Waals surface area (Å²) in [5.41, 5.74) is 4.24. The van der Waals surface area contributed by atoms with E-state index in [1.54, 1.807) is 30.8 Å². The van der Waals surface area contributed by atoms with Gasteiger partial charge >= 0.3 is 0 Å². The van der Waals surface area contributed by atoms with Gasteiger partial charge in [-0.1, -0.05) is 11.3 Å². The fourth-order valence-electron chi connectivity index (χ4n) is 3.37. The number of nitrogens with zero attached hydrogens (tertiary/aromatic N) is 3. The van der Waals surface area contributed by atoms with Crippen molar-refractivity contribution in [1.29, 1.82) is 0 Å². The van der Waals surface area contributed by atoms with Gasteiger partial charge in [-0.15, -0.1) is 0 Å². The van der Waals surface area contributed by atoms with Crippen LogP contribution in [0.5, 0.6) is 11.5 Å². The third-order valence-electron chi connectivity index (χ3n) is 4.80. The van der Waals surface area contributed by atoms with E-state index in [2.05, 4.69) is 22.1 Å². The third kappa shape index (κ3) is 3.02. The molecule has 0 N–H and O–H groups in total. The number of thiazole rings is 1. The van der Waals surface area contributed by atoms with Crippen molar-refractivity contribution >= 4 is 21.7 Å². The number of ether oxygens (including phenoxy) is 2. The molecule has 1 aromatic carbocycles. The Bertz CT molecular complexity index is 1110. The van der Waals surface area contributed by atoms with E-state index in [1.165, 1.54) is 0 Å². The third-order valence-corrected chi connectivity index (χ3v) is 5.94. The quantitative estimate of drug-likeness (QED) is 0.528. The summed E-state index contributed by atoms with van der Waals surface area (Å²) in [6, 6.07) is 12.0. The lowest BCUT2D eigenvalue weighted by atomic mass is 9.97. The van der Waals surface area contributed by atoms with Crippen LogP contribution in [0.1, 0.15) is 16.5 Å². The first-order chi connectivity index (χ1) is 13.3. The second-order valence-corrected chi connectivity index (χ2v) is 7.53. The number of fused-ring (bicyclic) bond motifs is 2. The van der Waals surface area contributed by atoms with Gasteiger partial charge in [0, 0.05) is 30.1 Å². The van der Waals surface area contributed by atoms with Crippen LogP contribution in [-0.4, -0.2) is 28.7 Å². The van der Waals surface area contributed by atoms with Gasteiger partial charge in [-0.05, 0) is 53.9 Å². The maximum absolute atomic E-state index is 5.96. The molecular weight excluding hydrogens is 358 g/mol. The summed E-state index contributed by atoms with van der Waals surface area (Å²) < 4.78 is 11.3. The highest BCUT2D eigenvalue weighted by molar-refractivity contribution is 7.18. The first-order valence-electron chi connectivity index (χ1n) is 8.77. The van der Waals surface area contributed by atoms with Crippen LogP contribution in [0, 0.1) is 0 Å². The molecule has 6 heteroatoms. The first kappa shape index (κ1) is 16.2. The summed E-state index contributed by atoms with van der Waals surface area (Å²) in [6.45, 7) is 0.635. The highest BCUT2D eigenvalue weighted by atomic mass is 32.1. The zero-order valence-electron chi connectivity index (χ0n) is 14.8. The summed E-state index contributed by atoms with van der Waals surface area (Å²) in [7, 11) is 1.68. The summed E-state index contributed by atoms with van der Waals surface area (Å²) in [5, 5.41) is 1.07. The smallest absolute Gasteiger partial charge is 0.143 e. The predicted molar refractivity (Wildman–Crippen MR) is 106 cm³/mol. The lowest BCUT2D eigenvalue weighted by Crippen LogP contribution is -2.19. The average Bonchev–Trinajstić information content (AvgIpc) is 3.17. The topological polar surface area (TPSA) is 57.1 Å². The minimum absolute atomic E-state index is 0.230. The molecule has 0 unspecified atom stereocenters. The van der Waals surface area contributed by atoms with Gasteiger partial charge in [0.1, 0.15) is 26.9 Å². The van der Waals surface area contributed by atoms with Crippen molar-refractivity contribution in [3.8, 4) is 22.6 Å². The summed E-state index contributed by atoms with van der Waals surface area (Å²) in [6.07, 6.45) is 6.37. The maximum atomic E-state index is 5.96. The zero-order chi connectivity index (χ0) is 18.2. The van der Waals surface area contributed by atoms with E-state index >= 15 is 0 Å². The number of hydrogen-bond donors (Lipinski definition) is 0. The minimum Gasteiger partial charge on any atom is -0.497 e. The molecule has 0 saturated heterocycles. The molecule has 0 amide bonds. The van der Waals surface area contributed by atoms with Crippen molar-refractivity contribution in [2.45, 2.75) is 12.3 Å². The predicted octanol–water partition coefficient (Wildman–Crippen LogP) is 4.48. The SMILES string of the molecule is COc1ccc2c(c1)C[C@H](c1nc3cc(-c4ccncc4)cnc3s1)CO2. The van der Waals surface area contributed by atoms with Crippen molar-refractivity contribution in [3.05, 3.63) is 65.6 Å². The van der Waals surface area contributed by atoms with Gasteiger partial charge in [-0.25, -0.2) is 9.97 Å². The van der Waals surface area contributed by atoms with Crippen LogP contribution < -0.4 is 9.47 Å². The molecule has 0 fully saturated rings. The standard InChI is InChI=1S/C21H17N3O2S/c1-25-17-2-3-19-14(9-17)8-16(12-26-19)20-24-18-10-15(11-23-21(18)27-20)13-4-6-22-7-5-13/h2-7,9-11,16H,8,12H2,1H3/t16-/m0/s1. The molecule has 5 nitrogen and oxygen atoms in total. The van der Waals surface area contributed by atoms with E-state index in [9.17, 15) is 0 Å².